The second-order valence-electron chi connectivity index (χ2n) is 18.5. The molecule has 11 aromatic rings. The molecule has 2 heteroatoms. The van der Waals surface area contributed by atoms with Crippen molar-refractivity contribution in [2.75, 3.05) is 4.90 Å². The maximum Gasteiger partial charge on any atom is 0.0543 e. The molecule has 1 aromatic heterocycles. The topological polar surface area (TPSA) is 8.17 Å². The summed E-state index contributed by atoms with van der Waals surface area (Å²) in [6.07, 6.45) is 5.58. The first-order valence-corrected chi connectivity index (χ1v) is 25.2. The number of benzene rings is 10. The van der Waals surface area contributed by atoms with Crippen LogP contribution >= 0.6 is 0 Å². The maximum absolute atomic E-state index is 3.46. The fraction of sp³-hybridized carbons (Fsp3) is 0.0857. The van der Waals surface area contributed by atoms with Crippen molar-refractivity contribution in [3.05, 3.63) is 279 Å². The van der Waals surface area contributed by atoms with Gasteiger partial charge in [-0.2, -0.15) is 0 Å². The van der Waals surface area contributed by atoms with Crippen molar-refractivity contribution in [1.29, 1.82) is 0 Å². The van der Waals surface area contributed by atoms with Gasteiger partial charge in [0, 0.05) is 38.8 Å². The predicted octanol–water partition coefficient (Wildman–Crippen LogP) is 20.0. The zero-order chi connectivity index (χ0) is 49.6. The highest BCUT2D eigenvalue weighted by Crippen LogP contribution is 2.52. The van der Waals surface area contributed by atoms with Gasteiger partial charge in [0.1, 0.15) is 0 Å². The first-order valence-electron chi connectivity index (χ1n) is 25.2. The summed E-state index contributed by atoms with van der Waals surface area (Å²) in [6.45, 7) is 14.1. The molecule has 0 amide bonds. The fourth-order valence-electron chi connectivity index (χ4n) is 10.5. The molecule has 0 N–H and O–H groups in total. The zero-order valence-corrected chi connectivity index (χ0v) is 41.9. The van der Waals surface area contributed by atoms with Crippen LogP contribution in [0.2, 0.25) is 0 Å². The largest absolute Gasteiger partial charge is 0.311 e. The number of para-hydroxylation sites is 1. The number of rotatable bonds is 9. The Morgan fingerprint density at radius 3 is 1.40 bits per heavy atom. The summed E-state index contributed by atoms with van der Waals surface area (Å²) >= 11 is 0. The summed E-state index contributed by atoms with van der Waals surface area (Å²) in [5.41, 5.74) is 21.9. The van der Waals surface area contributed by atoms with Crippen molar-refractivity contribution in [3.8, 4) is 61.3 Å². The van der Waals surface area contributed by atoms with E-state index in [4.69, 9.17) is 0 Å². The quantitative estimate of drug-likeness (QED) is 0.131. The van der Waals surface area contributed by atoms with E-state index in [1.807, 2.05) is 32.9 Å². The summed E-state index contributed by atoms with van der Waals surface area (Å²) < 4.78 is 2.49. The van der Waals surface area contributed by atoms with Crippen LogP contribution in [0.1, 0.15) is 45.7 Å². The van der Waals surface area contributed by atoms with Gasteiger partial charge in [0.05, 0.1) is 16.7 Å². The third-order valence-corrected chi connectivity index (χ3v) is 13.9. The predicted molar refractivity (Wildman–Crippen MR) is 311 cm³/mol. The van der Waals surface area contributed by atoms with Crippen molar-refractivity contribution >= 4 is 38.9 Å². The third kappa shape index (κ3) is 8.89. The highest BCUT2D eigenvalue weighted by Gasteiger charge is 2.37. The molecule has 1 heterocycles. The molecule has 0 saturated carbocycles. The second-order valence-corrected chi connectivity index (χ2v) is 18.5. The molecule has 12 rings (SSSR count). The third-order valence-electron chi connectivity index (χ3n) is 13.9. The lowest BCUT2D eigenvalue weighted by molar-refractivity contribution is 0.660. The summed E-state index contributed by atoms with van der Waals surface area (Å²) in [7, 11) is 0. The summed E-state index contributed by atoms with van der Waals surface area (Å²) in [5, 5.41) is 2.51. The van der Waals surface area contributed by atoms with Crippen molar-refractivity contribution < 1.29 is 0 Å². The van der Waals surface area contributed by atoms with E-state index in [0.29, 0.717) is 0 Å². The fourth-order valence-corrected chi connectivity index (χ4v) is 10.5. The monoisotopic (exact) mass is 928 g/mol. The van der Waals surface area contributed by atoms with Crippen LogP contribution in [0, 0.1) is 0 Å². The first-order chi connectivity index (χ1) is 35.4. The minimum absolute atomic E-state index is 0.0667. The molecule has 0 bridgehead atoms. The SMILES string of the molecule is C=C/C=C\C.CC.CC1(C)c2ccccc2-c2c(-n3c4ccccc4c4cc(-c5cccc(-c6ccc(N(c7ccc(-c8ccccc8)cc7)c7ccc(-c8ccccc8)cc7)cc6)c5)ccc43)cccc21. The Bertz CT molecular complexity index is 3590. The number of anilines is 3. The van der Waals surface area contributed by atoms with Crippen LogP contribution in [0.3, 0.4) is 0 Å². The van der Waals surface area contributed by atoms with E-state index in [1.54, 1.807) is 6.08 Å². The van der Waals surface area contributed by atoms with Gasteiger partial charge in [-0.25, -0.2) is 0 Å². The molecule has 0 atom stereocenters. The van der Waals surface area contributed by atoms with Crippen LogP contribution in [-0.4, -0.2) is 4.57 Å². The Balaban J connectivity index is 0.000000805. The van der Waals surface area contributed by atoms with E-state index < -0.39 is 0 Å². The molecule has 1 aliphatic rings. The van der Waals surface area contributed by atoms with Crippen LogP contribution in [0.15, 0.2) is 267 Å². The van der Waals surface area contributed by atoms with E-state index in [9.17, 15) is 0 Å². The lowest BCUT2D eigenvalue weighted by Crippen LogP contribution is -2.14. The van der Waals surface area contributed by atoms with Crippen LogP contribution in [0.4, 0.5) is 17.1 Å². The molecule has 0 spiro atoms. The summed E-state index contributed by atoms with van der Waals surface area (Å²) in [4.78, 5) is 2.35. The number of hydrogen-bond acceptors (Lipinski definition) is 1. The standard InChI is InChI=1S/C63H46N2.C5H8.C2H6/c1-63(2)57-23-11-9-22-55(57)62-58(63)24-14-26-61(62)65-59-25-12-10-21-54(59)56-42-50(33-40-60(56)65)49-20-13-19-48(41-49)47-31-38-53(39-32-47)64(51-34-27-45(28-35-51)43-15-5-3-6-16-43)52-36-29-46(30-37-52)44-17-7-4-8-18-44;1-3-5-4-2;1-2/h3-42H,1-2H3;3-5H,1H2,2H3;1-2H3/b;5-4-;. The van der Waals surface area contributed by atoms with Gasteiger partial charge in [0.15, 0.2) is 0 Å². The molecule has 1 aliphatic carbocycles. The second kappa shape index (κ2) is 20.7. The van der Waals surface area contributed by atoms with Gasteiger partial charge in [0.25, 0.3) is 0 Å². The van der Waals surface area contributed by atoms with E-state index in [1.165, 1.54) is 94.3 Å². The average molecular weight is 929 g/mol. The van der Waals surface area contributed by atoms with Crippen LogP contribution in [0.5, 0.6) is 0 Å². The molecular weight excluding hydrogens is 869 g/mol. The molecule has 72 heavy (non-hydrogen) atoms. The minimum Gasteiger partial charge on any atom is -0.311 e. The van der Waals surface area contributed by atoms with E-state index >= 15 is 0 Å². The zero-order valence-electron chi connectivity index (χ0n) is 41.9. The molecule has 2 nitrogen and oxygen atoms in total. The van der Waals surface area contributed by atoms with Crippen molar-refractivity contribution in [2.45, 2.75) is 40.0 Å². The number of hydrogen-bond donors (Lipinski definition) is 0. The molecule has 10 aromatic carbocycles. The van der Waals surface area contributed by atoms with Gasteiger partial charge in [-0.05, 0) is 135 Å². The Labute approximate surface area is 426 Å². The van der Waals surface area contributed by atoms with Crippen molar-refractivity contribution in [2.24, 2.45) is 0 Å². The van der Waals surface area contributed by atoms with Crippen LogP contribution in [-0.2, 0) is 5.41 Å². The van der Waals surface area contributed by atoms with Gasteiger partial charge < -0.3 is 9.47 Å². The Morgan fingerprint density at radius 2 is 0.833 bits per heavy atom. The van der Waals surface area contributed by atoms with Gasteiger partial charge in [-0.15, -0.1) is 0 Å². The molecule has 0 unspecified atom stereocenters. The van der Waals surface area contributed by atoms with Gasteiger partial charge in [-0.1, -0.05) is 228 Å². The van der Waals surface area contributed by atoms with Crippen LogP contribution < -0.4 is 4.90 Å². The Morgan fingerprint density at radius 1 is 0.403 bits per heavy atom. The summed E-state index contributed by atoms with van der Waals surface area (Å²) in [5.74, 6) is 0. The summed E-state index contributed by atoms with van der Waals surface area (Å²) in [6, 6.07) is 88.6. The number of nitrogens with zero attached hydrogens (tertiary/aromatic N) is 2. The normalized spacial score (nSPS) is 12.1. The van der Waals surface area contributed by atoms with Crippen molar-refractivity contribution in [1.82, 2.24) is 4.57 Å². The average Bonchev–Trinajstić information content (AvgIpc) is 3.90. The molecule has 350 valence electrons. The molecule has 0 radical (unpaired) electrons. The van der Waals surface area contributed by atoms with Gasteiger partial charge in [-0.3, -0.25) is 0 Å². The Kier molecular flexibility index (Phi) is 13.5. The smallest absolute Gasteiger partial charge is 0.0543 e. The maximum atomic E-state index is 3.46. The van der Waals surface area contributed by atoms with Crippen molar-refractivity contribution in [3.63, 3.8) is 0 Å². The molecule has 0 saturated heterocycles. The highest BCUT2D eigenvalue weighted by atomic mass is 15.1. The first kappa shape index (κ1) is 47.0. The number of allylic oxidation sites excluding steroid dienone is 3. The lowest BCUT2D eigenvalue weighted by atomic mass is 9.82. The van der Waals surface area contributed by atoms with Crippen LogP contribution in [0.25, 0.3) is 83.1 Å². The van der Waals surface area contributed by atoms with E-state index in [0.717, 1.165) is 17.1 Å². The Hall–Kier alpha value is -8.72. The molecule has 0 fully saturated rings. The minimum atomic E-state index is -0.0667. The number of aromatic nitrogens is 1. The number of fused-ring (bicyclic) bond motifs is 6. The molecule has 0 aliphatic heterocycles. The van der Waals surface area contributed by atoms with E-state index in [2.05, 4.69) is 273 Å². The van der Waals surface area contributed by atoms with Gasteiger partial charge in [0.2, 0.25) is 0 Å². The van der Waals surface area contributed by atoms with Gasteiger partial charge >= 0.3 is 0 Å². The van der Waals surface area contributed by atoms with E-state index in [-0.39, 0.29) is 5.41 Å². The highest BCUT2D eigenvalue weighted by molar-refractivity contribution is 6.11. The molecular formula is C70H60N2. The lowest BCUT2D eigenvalue weighted by Gasteiger charge is -2.26.